The number of benzene rings is 2. The second kappa shape index (κ2) is 7.94. The van der Waals surface area contributed by atoms with Crippen LogP contribution in [0.1, 0.15) is 10.4 Å². The first-order valence-corrected chi connectivity index (χ1v) is 10.1. The predicted molar refractivity (Wildman–Crippen MR) is 104 cm³/mol. The van der Waals surface area contributed by atoms with Crippen LogP contribution >= 0.6 is 28.1 Å². The van der Waals surface area contributed by atoms with Crippen LogP contribution in [0.4, 0.5) is 5.69 Å². The molecule has 0 saturated carbocycles. The van der Waals surface area contributed by atoms with Crippen LogP contribution in [-0.2, 0) is 9.84 Å². The molecule has 0 fully saturated rings. The molecule has 25 heavy (non-hydrogen) atoms. The molecule has 0 radical (unpaired) electrons. The number of thiocarbonyl (C=S) groups is 1. The lowest BCUT2D eigenvalue weighted by Gasteiger charge is -2.11. The Morgan fingerprint density at radius 1 is 1.16 bits per heavy atom. The molecule has 0 unspecified atom stereocenters. The van der Waals surface area contributed by atoms with Crippen molar-refractivity contribution in [2.75, 3.05) is 18.7 Å². The van der Waals surface area contributed by atoms with E-state index in [0.717, 1.165) is 6.26 Å². The Kier molecular flexibility index (Phi) is 6.15. The van der Waals surface area contributed by atoms with E-state index in [0.29, 0.717) is 21.5 Å². The van der Waals surface area contributed by atoms with E-state index in [1.807, 2.05) is 0 Å². The van der Waals surface area contributed by atoms with Gasteiger partial charge in [-0.1, -0.05) is 0 Å². The lowest BCUT2D eigenvalue weighted by atomic mass is 10.2. The summed E-state index contributed by atoms with van der Waals surface area (Å²) in [5.41, 5.74) is 0.970. The first-order chi connectivity index (χ1) is 11.7. The van der Waals surface area contributed by atoms with Crippen molar-refractivity contribution < 1.29 is 17.9 Å². The lowest BCUT2D eigenvalue weighted by Crippen LogP contribution is -2.34. The van der Waals surface area contributed by atoms with Crippen LogP contribution in [0.3, 0.4) is 0 Å². The van der Waals surface area contributed by atoms with Gasteiger partial charge in [-0.25, -0.2) is 8.42 Å². The van der Waals surface area contributed by atoms with E-state index in [2.05, 4.69) is 26.6 Å². The normalized spacial score (nSPS) is 10.8. The molecule has 1 amide bonds. The summed E-state index contributed by atoms with van der Waals surface area (Å²) in [4.78, 5) is 12.4. The van der Waals surface area contributed by atoms with Gasteiger partial charge in [-0.2, -0.15) is 0 Å². The Balaban J connectivity index is 2.02. The molecule has 2 aromatic rings. The molecule has 6 nitrogen and oxygen atoms in total. The van der Waals surface area contributed by atoms with Crippen molar-refractivity contribution in [3.63, 3.8) is 0 Å². The van der Waals surface area contributed by atoms with Crippen LogP contribution in [0.2, 0.25) is 0 Å². The summed E-state index contributed by atoms with van der Waals surface area (Å²) in [5, 5.41) is 5.48. The Morgan fingerprint density at radius 3 is 2.32 bits per heavy atom. The minimum Gasteiger partial charge on any atom is -0.496 e. The number of anilines is 1. The molecule has 0 heterocycles. The highest BCUT2D eigenvalue weighted by molar-refractivity contribution is 9.10. The van der Waals surface area contributed by atoms with Gasteiger partial charge in [-0.3, -0.25) is 10.1 Å². The van der Waals surface area contributed by atoms with Crippen molar-refractivity contribution in [2.24, 2.45) is 0 Å². The number of hydrogen-bond donors (Lipinski definition) is 2. The number of rotatable bonds is 4. The molecule has 0 atom stereocenters. The van der Waals surface area contributed by atoms with Crippen LogP contribution in [0.5, 0.6) is 5.75 Å². The number of carbonyl (C=O) groups excluding carboxylic acids is 1. The zero-order chi connectivity index (χ0) is 18.6. The molecule has 0 aromatic heterocycles. The zero-order valence-electron chi connectivity index (χ0n) is 13.4. The fourth-order valence-electron chi connectivity index (χ4n) is 1.93. The van der Waals surface area contributed by atoms with Crippen molar-refractivity contribution in [1.82, 2.24) is 5.32 Å². The average Bonchev–Trinajstić information content (AvgIpc) is 2.54. The molecule has 0 aliphatic rings. The molecule has 2 aromatic carbocycles. The van der Waals surface area contributed by atoms with E-state index < -0.39 is 9.84 Å². The van der Waals surface area contributed by atoms with Crippen molar-refractivity contribution in [3.8, 4) is 5.75 Å². The van der Waals surface area contributed by atoms with Crippen LogP contribution in [-0.4, -0.2) is 32.8 Å². The van der Waals surface area contributed by atoms with E-state index in [-0.39, 0.29) is 15.9 Å². The van der Waals surface area contributed by atoms with Gasteiger partial charge in [0.25, 0.3) is 5.91 Å². The van der Waals surface area contributed by atoms with E-state index >= 15 is 0 Å². The smallest absolute Gasteiger partial charge is 0.257 e. The van der Waals surface area contributed by atoms with Crippen LogP contribution in [0.15, 0.2) is 51.8 Å². The van der Waals surface area contributed by atoms with Gasteiger partial charge in [-0.05, 0) is 70.6 Å². The molecule has 0 aliphatic heterocycles. The fraction of sp³-hybridized carbons (Fsp3) is 0.125. The Morgan fingerprint density at radius 2 is 1.80 bits per heavy atom. The van der Waals surface area contributed by atoms with Gasteiger partial charge < -0.3 is 10.1 Å². The highest BCUT2D eigenvalue weighted by atomic mass is 79.9. The standard InChI is InChI=1S/C16H15BrN2O4S2/c1-23-14-8-3-10(9-13(14)17)15(20)19-16(24)18-11-4-6-12(7-5-11)25(2,21)22/h3-9H,1-2H3,(H2,18,19,20,24). The molecule has 0 aliphatic carbocycles. The molecule has 2 rings (SSSR count). The minimum absolute atomic E-state index is 0.101. The van der Waals surface area contributed by atoms with Crippen molar-refractivity contribution in [1.29, 1.82) is 0 Å². The van der Waals surface area contributed by atoms with Crippen LogP contribution in [0, 0.1) is 0 Å². The summed E-state index contributed by atoms with van der Waals surface area (Å²) in [5.74, 6) is 0.233. The Hall–Kier alpha value is -1.97. The molecule has 0 bridgehead atoms. The van der Waals surface area contributed by atoms with Gasteiger partial charge in [0.1, 0.15) is 5.75 Å². The summed E-state index contributed by atoms with van der Waals surface area (Å²) < 4.78 is 28.6. The van der Waals surface area contributed by atoms with Crippen LogP contribution in [0.25, 0.3) is 0 Å². The van der Waals surface area contributed by atoms with E-state index in [9.17, 15) is 13.2 Å². The number of nitrogens with one attached hydrogen (secondary N) is 2. The predicted octanol–water partition coefficient (Wildman–Crippen LogP) is 2.99. The van der Waals surface area contributed by atoms with E-state index in [4.69, 9.17) is 17.0 Å². The van der Waals surface area contributed by atoms with Gasteiger partial charge in [0.05, 0.1) is 16.5 Å². The number of amides is 1. The number of halogens is 1. The van der Waals surface area contributed by atoms with Gasteiger partial charge in [0.15, 0.2) is 14.9 Å². The Labute approximate surface area is 159 Å². The van der Waals surface area contributed by atoms with Crippen LogP contribution < -0.4 is 15.4 Å². The number of ether oxygens (including phenoxy) is 1. The number of methoxy groups -OCH3 is 1. The third-order valence-corrected chi connectivity index (χ3v) is 5.13. The Bertz CT molecular complexity index is 912. The maximum Gasteiger partial charge on any atom is 0.257 e. The van der Waals surface area contributed by atoms with E-state index in [1.54, 1.807) is 30.3 Å². The third-order valence-electron chi connectivity index (χ3n) is 3.18. The molecule has 0 saturated heterocycles. The van der Waals surface area contributed by atoms with Crippen molar-refractivity contribution in [3.05, 3.63) is 52.5 Å². The summed E-state index contributed by atoms with van der Waals surface area (Å²) >= 11 is 8.42. The number of hydrogen-bond acceptors (Lipinski definition) is 5. The van der Waals surface area contributed by atoms with Gasteiger partial charge in [-0.15, -0.1) is 0 Å². The number of sulfone groups is 1. The maximum atomic E-state index is 12.2. The first-order valence-electron chi connectivity index (χ1n) is 6.96. The SMILES string of the molecule is COc1ccc(C(=O)NC(=S)Nc2ccc(S(C)(=O)=O)cc2)cc1Br. The topological polar surface area (TPSA) is 84.5 Å². The first kappa shape index (κ1) is 19.4. The van der Waals surface area contributed by atoms with E-state index in [1.165, 1.54) is 19.2 Å². The highest BCUT2D eigenvalue weighted by Crippen LogP contribution is 2.25. The minimum atomic E-state index is -3.26. The molecule has 9 heteroatoms. The fourth-order valence-corrected chi connectivity index (χ4v) is 3.31. The quantitative estimate of drug-likeness (QED) is 0.707. The average molecular weight is 443 g/mol. The zero-order valence-corrected chi connectivity index (χ0v) is 16.6. The third kappa shape index (κ3) is 5.25. The highest BCUT2D eigenvalue weighted by Gasteiger charge is 2.11. The molecular weight excluding hydrogens is 428 g/mol. The van der Waals surface area contributed by atoms with Gasteiger partial charge in [0.2, 0.25) is 0 Å². The maximum absolute atomic E-state index is 12.2. The summed E-state index contributed by atoms with van der Waals surface area (Å²) in [6.45, 7) is 0. The number of carbonyl (C=O) groups is 1. The van der Waals surface area contributed by atoms with Gasteiger partial charge in [0, 0.05) is 17.5 Å². The summed E-state index contributed by atoms with van der Waals surface area (Å²) in [6.07, 6.45) is 1.13. The van der Waals surface area contributed by atoms with Gasteiger partial charge >= 0.3 is 0 Å². The van der Waals surface area contributed by atoms with Crippen molar-refractivity contribution >= 4 is 54.7 Å². The molecule has 0 spiro atoms. The molecule has 2 N–H and O–H groups in total. The van der Waals surface area contributed by atoms with Crippen molar-refractivity contribution in [2.45, 2.75) is 4.90 Å². The largest absolute Gasteiger partial charge is 0.496 e. The second-order valence-corrected chi connectivity index (χ2v) is 8.33. The second-order valence-electron chi connectivity index (χ2n) is 5.05. The lowest BCUT2D eigenvalue weighted by molar-refractivity contribution is 0.0977. The monoisotopic (exact) mass is 442 g/mol. The molecule has 132 valence electrons. The summed E-state index contributed by atoms with van der Waals surface area (Å²) in [7, 11) is -1.72. The summed E-state index contributed by atoms with van der Waals surface area (Å²) in [6, 6.07) is 11.0. The molecular formula is C16H15BrN2O4S2.